The summed E-state index contributed by atoms with van der Waals surface area (Å²) in [6, 6.07) is 0. The predicted molar refractivity (Wildman–Crippen MR) is 34.0 cm³/mol. The fourth-order valence-electron chi connectivity index (χ4n) is 1.32. The lowest BCUT2D eigenvalue weighted by Crippen LogP contribution is -2.13. The van der Waals surface area contributed by atoms with E-state index in [2.05, 4.69) is 0 Å². The van der Waals surface area contributed by atoms with Gasteiger partial charge in [-0.3, -0.25) is 4.79 Å². The average Bonchev–Trinajstić information content (AvgIpc) is 2.15. The molecule has 1 saturated carbocycles. The molecular weight excluding hydrogens is 116 g/mol. The van der Waals surface area contributed by atoms with E-state index in [-0.39, 0.29) is 18.4 Å². The highest BCUT2D eigenvalue weighted by molar-refractivity contribution is 5.82. The molecule has 0 spiro atoms. The van der Waals surface area contributed by atoms with Crippen molar-refractivity contribution in [3.8, 4) is 0 Å². The number of Topliss-reactive ketones (excluding diaryl/α,β-unsaturated/α-hetero) is 1. The van der Waals surface area contributed by atoms with Gasteiger partial charge in [0.1, 0.15) is 5.78 Å². The second-order valence-electron chi connectivity index (χ2n) is 2.74. The molecule has 2 nitrogen and oxygen atoms in total. The third kappa shape index (κ3) is 1.13. The van der Waals surface area contributed by atoms with E-state index in [0.717, 1.165) is 6.42 Å². The third-order valence-electron chi connectivity index (χ3n) is 2.21. The molecule has 9 heavy (non-hydrogen) atoms. The quantitative estimate of drug-likeness (QED) is 0.561. The van der Waals surface area contributed by atoms with Gasteiger partial charge in [0.05, 0.1) is 0 Å². The second kappa shape index (κ2) is 2.48. The van der Waals surface area contributed by atoms with Gasteiger partial charge in [-0.1, -0.05) is 6.92 Å². The van der Waals surface area contributed by atoms with Gasteiger partial charge < -0.3 is 5.11 Å². The maximum absolute atomic E-state index is 10.8. The first-order chi connectivity index (χ1) is 4.25. The summed E-state index contributed by atoms with van der Waals surface area (Å²) in [5, 5.41) is 8.70. The molecule has 1 N–H and O–H groups in total. The maximum atomic E-state index is 10.8. The second-order valence-corrected chi connectivity index (χ2v) is 2.74. The number of rotatable bonds is 1. The first-order valence-electron chi connectivity index (χ1n) is 3.39. The fraction of sp³-hybridized carbons (Fsp3) is 0.857. The van der Waals surface area contributed by atoms with Gasteiger partial charge in [-0.15, -0.1) is 0 Å². The van der Waals surface area contributed by atoms with E-state index in [4.69, 9.17) is 5.11 Å². The largest absolute Gasteiger partial charge is 0.396 e. The van der Waals surface area contributed by atoms with Gasteiger partial charge in [0.15, 0.2) is 0 Å². The van der Waals surface area contributed by atoms with Crippen LogP contribution in [0.25, 0.3) is 0 Å². The Labute approximate surface area is 54.9 Å². The standard InChI is InChI=1S/C7H12O2/c1-5-6(4-8)2-3-7(5)9/h5-6,8H,2-4H2,1H3/t5-,6-/m0/s1. The first kappa shape index (κ1) is 6.75. The molecule has 0 amide bonds. The van der Waals surface area contributed by atoms with Crippen LogP contribution < -0.4 is 0 Å². The fourth-order valence-corrected chi connectivity index (χ4v) is 1.32. The van der Waals surface area contributed by atoms with Crippen LogP contribution in [0.3, 0.4) is 0 Å². The van der Waals surface area contributed by atoms with Crippen molar-refractivity contribution in [3.05, 3.63) is 0 Å². The summed E-state index contributed by atoms with van der Waals surface area (Å²) in [4.78, 5) is 10.8. The van der Waals surface area contributed by atoms with Gasteiger partial charge in [0.2, 0.25) is 0 Å². The molecule has 0 unspecified atom stereocenters. The van der Waals surface area contributed by atoms with E-state index >= 15 is 0 Å². The Bertz CT molecular complexity index is 120. The van der Waals surface area contributed by atoms with Crippen molar-refractivity contribution in [1.82, 2.24) is 0 Å². The summed E-state index contributed by atoms with van der Waals surface area (Å²) in [5.41, 5.74) is 0. The van der Waals surface area contributed by atoms with Crippen molar-refractivity contribution < 1.29 is 9.90 Å². The lowest BCUT2D eigenvalue weighted by molar-refractivity contribution is -0.120. The van der Waals surface area contributed by atoms with Crippen LogP contribution in [0.1, 0.15) is 19.8 Å². The van der Waals surface area contributed by atoms with Crippen LogP contribution >= 0.6 is 0 Å². The van der Waals surface area contributed by atoms with Crippen molar-refractivity contribution >= 4 is 5.78 Å². The molecule has 1 aliphatic rings. The van der Waals surface area contributed by atoms with Gasteiger partial charge in [0, 0.05) is 18.9 Å². The van der Waals surface area contributed by atoms with Crippen LogP contribution in [0.2, 0.25) is 0 Å². The van der Waals surface area contributed by atoms with Crippen LogP contribution in [0.5, 0.6) is 0 Å². The Hall–Kier alpha value is -0.370. The molecule has 0 aromatic heterocycles. The van der Waals surface area contributed by atoms with Gasteiger partial charge in [-0.25, -0.2) is 0 Å². The highest BCUT2D eigenvalue weighted by Crippen LogP contribution is 2.27. The molecule has 0 saturated heterocycles. The minimum absolute atomic E-state index is 0.106. The summed E-state index contributed by atoms with van der Waals surface area (Å²) in [6.07, 6.45) is 1.56. The smallest absolute Gasteiger partial charge is 0.136 e. The molecule has 1 fully saturated rings. The topological polar surface area (TPSA) is 37.3 Å². The Kier molecular flexibility index (Phi) is 1.86. The molecule has 0 aliphatic heterocycles. The highest BCUT2D eigenvalue weighted by atomic mass is 16.3. The Morgan fingerprint density at radius 3 is 2.67 bits per heavy atom. The lowest BCUT2D eigenvalue weighted by atomic mass is 9.99. The van der Waals surface area contributed by atoms with E-state index in [1.807, 2.05) is 6.92 Å². The molecule has 2 atom stereocenters. The summed E-state index contributed by atoms with van der Waals surface area (Å²) >= 11 is 0. The Balaban J connectivity index is 2.51. The van der Waals surface area contributed by atoms with E-state index < -0.39 is 0 Å². The molecule has 0 aromatic rings. The van der Waals surface area contributed by atoms with Crippen LogP contribution in [-0.4, -0.2) is 17.5 Å². The van der Waals surface area contributed by atoms with Gasteiger partial charge in [0.25, 0.3) is 0 Å². The van der Waals surface area contributed by atoms with Crippen LogP contribution in [0, 0.1) is 11.8 Å². The van der Waals surface area contributed by atoms with E-state index in [1.54, 1.807) is 0 Å². The molecule has 1 rings (SSSR count). The zero-order valence-corrected chi connectivity index (χ0v) is 5.63. The molecule has 0 bridgehead atoms. The number of carbonyl (C=O) groups excluding carboxylic acids is 1. The summed E-state index contributed by atoms with van der Waals surface area (Å²) < 4.78 is 0. The predicted octanol–water partition coefficient (Wildman–Crippen LogP) is 0.594. The Morgan fingerprint density at radius 1 is 1.78 bits per heavy atom. The number of hydrogen-bond acceptors (Lipinski definition) is 2. The summed E-state index contributed by atoms with van der Waals surface area (Å²) in [6.45, 7) is 2.07. The maximum Gasteiger partial charge on any atom is 0.136 e. The average molecular weight is 128 g/mol. The van der Waals surface area contributed by atoms with Crippen LogP contribution in [0.15, 0.2) is 0 Å². The molecule has 1 aliphatic carbocycles. The summed E-state index contributed by atoms with van der Waals surface area (Å²) in [5.74, 6) is 0.668. The number of aliphatic hydroxyl groups excluding tert-OH is 1. The minimum Gasteiger partial charge on any atom is -0.396 e. The molecular formula is C7H12O2. The van der Waals surface area contributed by atoms with Crippen molar-refractivity contribution in [1.29, 1.82) is 0 Å². The normalized spacial score (nSPS) is 35.6. The van der Waals surface area contributed by atoms with E-state index in [0.29, 0.717) is 12.2 Å². The van der Waals surface area contributed by atoms with Crippen molar-refractivity contribution in [2.75, 3.05) is 6.61 Å². The van der Waals surface area contributed by atoms with Gasteiger partial charge in [-0.05, 0) is 12.3 Å². The number of ketones is 1. The number of hydrogen-bond donors (Lipinski definition) is 1. The molecule has 2 heteroatoms. The van der Waals surface area contributed by atoms with Crippen molar-refractivity contribution in [3.63, 3.8) is 0 Å². The third-order valence-corrected chi connectivity index (χ3v) is 2.21. The molecule has 52 valence electrons. The zero-order chi connectivity index (χ0) is 6.85. The van der Waals surface area contributed by atoms with Crippen molar-refractivity contribution in [2.24, 2.45) is 11.8 Å². The summed E-state index contributed by atoms with van der Waals surface area (Å²) in [7, 11) is 0. The van der Waals surface area contributed by atoms with Crippen LogP contribution in [-0.2, 0) is 4.79 Å². The lowest BCUT2D eigenvalue weighted by Gasteiger charge is -2.08. The highest BCUT2D eigenvalue weighted by Gasteiger charge is 2.29. The number of carbonyl (C=O) groups is 1. The van der Waals surface area contributed by atoms with Gasteiger partial charge in [-0.2, -0.15) is 0 Å². The SMILES string of the molecule is C[C@@H]1C(=O)CC[C@H]1CO. The number of aliphatic hydroxyl groups is 1. The monoisotopic (exact) mass is 128 g/mol. The Morgan fingerprint density at radius 2 is 2.44 bits per heavy atom. The molecule has 0 aromatic carbocycles. The van der Waals surface area contributed by atoms with Crippen LogP contribution in [0.4, 0.5) is 0 Å². The van der Waals surface area contributed by atoms with Crippen molar-refractivity contribution in [2.45, 2.75) is 19.8 Å². The van der Waals surface area contributed by atoms with E-state index in [9.17, 15) is 4.79 Å². The zero-order valence-electron chi connectivity index (χ0n) is 5.63. The van der Waals surface area contributed by atoms with E-state index in [1.165, 1.54) is 0 Å². The molecule has 0 heterocycles. The molecule has 0 radical (unpaired) electrons. The first-order valence-corrected chi connectivity index (χ1v) is 3.39. The minimum atomic E-state index is 0.106. The van der Waals surface area contributed by atoms with Gasteiger partial charge >= 0.3 is 0 Å².